The normalized spacial score (nSPS) is 12.0. The molecule has 3 aromatic heterocycles. The molecule has 0 radical (unpaired) electrons. The summed E-state index contributed by atoms with van der Waals surface area (Å²) in [5.74, 6) is 0. The first-order chi connectivity index (χ1) is 22.3. The van der Waals surface area contributed by atoms with E-state index in [0.717, 1.165) is 16.7 Å². The topological polar surface area (TPSA) is 25.6 Å². The highest BCUT2D eigenvalue weighted by Crippen LogP contribution is 2.41. The van der Waals surface area contributed by atoms with Gasteiger partial charge in [-0.1, -0.05) is 115 Å². The van der Waals surface area contributed by atoms with Crippen molar-refractivity contribution < 1.29 is 0 Å². The summed E-state index contributed by atoms with van der Waals surface area (Å²) in [4.78, 5) is 3.87. The highest BCUT2D eigenvalue weighted by Gasteiger charge is 2.20. The van der Waals surface area contributed by atoms with Crippen LogP contribution in [-0.2, 0) is 0 Å². The van der Waals surface area contributed by atoms with Crippen LogP contribution in [0, 0.1) is 0 Å². The molecular formula is C42H27N3. The standard InChI is InChI=1S/C42H27N3/c1-2-12-27(13-3-1)28-24-25-32-31-16-6-9-21-37(31)45(40(32)26-28)38-22-11-18-34-41(38)33-17-10-23-39(42(33)43-34)44-35-19-7-4-14-29(35)30-15-5-8-20-36(30)44/h1-26,43H. The van der Waals surface area contributed by atoms with E-state index < -0.39 is 0 Å². The molecule has 3 nitrogen and oxygen atoms in total. The second kappa shape index (κ2) is 9.22. The Hall–Kier alpha value is -6.06. The van der Waals surface area contributed by atoms with Crippen molar-refractivity contribution in [1.82, 2.24) is 14.1 Å². The zero-order chi connectivity index (χ0) is 29.5. The predicted molar refractivity (Wildman–Crippen MR) is 190 cm³/mol. The molecule has 0 unspecified atom stereocenters. The summed E-state index contributed by atoms with van der Waals surface area (Å²) in [6.07, 6.45) is 0. The first-order valence-electron chi connectivity index (χ1n) is 15.5. The quantitative estimate of drug-likeness (QED) is 0.218. The van der Waals surface area contributed by atoms with Gasteiger partial charge in [0, 0.05) is 37.8 Å². The molecule has 3 heteroatoms. The summed E-state index contributed by atoms with van der Waals surface area (Å²) in [7, 11) is 0. The van der Waals surface area contributed by atoms with Gasteiger partial charge in [0.05, 0.1) is 39.0 Å². The molecule has 0 spiro atoms. The summed E-state index contributed by atoms with van der Waals surface area (Å²) in [6, 6.07) is 57.1. The number of nitrogens with one attached hydrogen (secondary N) is 1. The molecule has 0 aliphatic rings. The van der Waals surface area contributed by atoms with Gasteiger partial charge in [0.1, 0.15) is 0 Å². The molecule has 0 aliphatic carbocycles. The van der Waals surface area contributed by atoms with Crippen LogP contribution in [0.1, 0.15) is 0 Å². The third-order valence-corrected chi connectivity index (χ3v) is 9.46. The number of para-hydroxylation sites is 4. The summed E-state index contributed by atoms with van der Waals surface area (Å²) >= 11 is 0. The molecule has 0 amide bonds. The number of hydrogen-bond donors (Lipinski definition) is 1. The van der Waals surface area contributed by atoms with Crippen molar-refractivity contribution in [1.29, 1.82) is 0 Å². The van der Waals surface area contributed by atoms with Crippen molar-refractivity contribution in [3.8, 4) is 22.5 Å². The Bertz CT molecular complexity index is 2700. The van der Waals surface area contributed by atoms with Crippen molar-refractivity contribution in [3.63, 3.8) is 0 Å². The van der Waals surface area contributed by atoms with Crippen molar-refractivity contribution >= 4 is 65.4 Å². The Morgan fingerprint density at radius 2 is 0.889 bits per heavy atom. The van der Waals surface area contributed by atoms with Crippen molar-refractivity contribution in [2.24, 2.45) is 0 Å². The van der Waals surface area contributed by atoms with E-state index in [1.165, 1.54) is 71.2 Å². The van der Waals surface area contributed by atoms with E-state index in [-0.39, 0.29) is 0 Å². The minimum absolute atomic E-state index is 1.13. The largest absolute Gasteiger partial charge is 0.353 e. The van der Waals surface area contributed by atoms with Crippen LogP contribution in [-0.4, -0.2) is 14.1 Å². The van der Waals surface area contributed by atoms with Crippen LogP contribution in [0.2, 0.25) is 0 Å². The number of benzene rings is 7. The van der Waals surface area contributed by atoms with E-state index in [9.17, 15) is 0 Å². The first kappa shape index (κ1) is 24.4. The van der Waals surface area contributed by atoms with Gasteiger partial charge in [-0.2, -0.15) is 0 Å². The van der Waals surface area contributed by atoms with Gasteiger partial charge in [-0.05, 0) is 53.6 Å². The van der Waals surface area contributed by atoms with Gasteiger partial charge < -0.3 is 14.1 Å². The summed E-state index contributed by atoms with van der Waals surface area (Å²) in [6.45, 7) is 0. The van der Waals surface area contributed by atoms with Gasteiger partial charge in [-0.15, -0.1) is 0 Å². The zero-order valence-corrected chi connectivity index (χ0v) is 24.4. The van der Waals surface area contributed by atoms with E-state index in [2.05, 4.69) is 172 Å². The Morgan fingerprint density at radius 1 is 0.356 bits per heavy atom. The minimum Gasteiger partial charge on any atom is -0.353 e. The average molecular weight is 574 g/mol. The van der Waals surface area contributed by atoms with Crippen LogP contribution in [0.15, 0.2) is 158 Å². The lowest BCUT2D eigenvalue weighted by atomic mass is 10.0. The molecule has 0 atom stereocenters. The lowest BCUT2D eigenvalue weighted by Gasteiger charge is -2.12. The number of aromatic amines is 1. The minimum atomic E-state index is 1.13. The SMILES string of the molecule is c1ccc(-c2ccc3c4ccccc4n(-c4cccc5[nH]c6c(-n7c8ccccc8c8ccccc87)cccc6c45)c3c2)cc1. The van der Waals surface area contributed by atoms with Crippen molar-refractivity contribution in [3.05, 3.63) is 158 Å². The maximum absolute atomic E-state index is 3.87. The summed E-state index contributed by atoms with van der Waals surface area (Å²) < 4.78 is 4.87. The van der Waals surface area contributed by atoms with Crippen LogP contribution >= 0.6 is 0 Å². The third kappa shape index (κ3) is 3.41. The van der Waals surface area contributed by atoms with Crippen LogP contribution in [0.3, 0.4) is 0 Å². The lowest BCUT2D eigenvalue weighted by Crippen LogP contribution is -1.95. The molecule has 3 heterocycles. The van der Waals surface area contributed by atoms with E-state index in [1.54, 1.807) is 0 Å². The number of rotatable bonds is 3. The fourth-order valence-electron chi connectivity index (χ4n) is 7.54. The summed E-state index contributed by atoms with van der Waals surface area (Å²) in [5, 5.41) is 7.49. The van der Waals surface area contributed by atoms with Crippen molar-refractivity contribution in [2.45, 2.75) is 0 Å². The number of hydrogen-bond acceptors (Lipinski definition) is 0. The molecule has 0 aliphatic heterocycles. The Balaban J connectivity index is 1.30. The number of nitrogens with zero attached hydrogens (tertiary/aromatic N) is 2. The molecule has 45 heavy (non-hydrogen) atoms. The second-order valence-electron chi connectivity index (χ2n) is 11.8. The van der Waals surface area contributed by atoms with E-state index in [1.807, 2.05) is 0 Å². The second-order valence-corrected chi connectivity index (χ2v) is 11.8. The Morgan fingerprint density at radius 3 is 1.58 bits per heavy atom. The van der Waals surface area contributed by atoms with Gasteiger partial charge in [-0.3, -0.25) is 0 Å². The highest BCUT2D eigenvalue weighted by molar-refractivity contribution is 6.18. The molecule has 210 valence electrons. The van der Waals surface area contributed by atoms with Crippen molar-refractivity contribution in [2.75, 3.05) is 0 Å². The number of fused-ring (bicyclic) bond motifs is 9. The Labute approximate surface area is 259 Å². The lowest BCUT2D eigenvalue weighted by molar-refractivity contribution is 1.19. The van der Waals surface area contributed by atoms with Gasteiger partial charge in [-0.25, -0.2) is 0 Å². The smallest absolute Gasteiger partial charge is 0.0710 e. The molecule has 0 fully saturated rings. The average Bonchev–Trinajstić information content (AvgIpc) is 3.76. The van der Waals surface area contributed by atoms with Crippen LogP contribution in [0.5, 0.6) is 0 Å². The fourth-order valence-corrected chi connectivity index (χ4v) is 7.54. The molecule has 0 saturated heterocycles. The highest BCUT2D eigenvalue weighted by atomic mass is 15.0. The fraction of sp³-hybridized carbons (Fsp3) is 0. The zero-order valence-electron chi connectivity index (χ0n) is 24.4. The molecule has 1 N–H and O–H groups in total. The molecule has 7 aromatic carbocycles. The van der Waals surface area contributed by atoms with Crippen LogP contribution in [0.4, 0.5) is 0 Å². The van der Waals surface area contributed by atoms with Gasteiger partial charge in [0.25, 0.3) is 0 Å². The first-order valence-corrected chi connectivity index (χ1v) is 15.5. The maximum Gasteiger partial charge on any atom is 0.0710 e. The summed E-state index contributed by atoms with van der Waals surface area (Å²) in [5.41, 5.74) is 11.9. The number of H-pyrrole nitrogens is 1. The number of aromatic nitrogens is 3. The maximum atomic E-state index is 3.87. The van der Waals surface area contributed by atoms with E-state index >= 15 is 0 Å². The van der Waals surface area contributed by atoms with E-state index in [4.69, 9.17) is 0 Å². The molecule has 10 aromatic rings. The van der Waals surface area contributed by atoms with Crippen LogP contribution in [0.25, 0.3) is 87.9 Å². The Kier molecular flexibility index (Phi) is 5.00. The molecular weight excluding hydrogens is 546 g/mol. The molecule has 0 saturated carbocycles. The monoisotopic (exact) mass is 573 g/mol. The van der Waals surface area contributed by atoms with Gasteiger partial charge >= 0.3 is 0 Å². The van der Waals surface area contributed by atoms with Gasteiger partial charge in [0.15, 0.2) is 0 Å². The predicted octanol–water partition coefficient (Wildman–Crippen LogP) is 11.2. The van der Waals surface area contributed by atoms with Gasteiger partial charge in [0.2, 0.25) is 0 Å². The molecule has 10 rings (SSSR count). The third-order valence-electron chi connectivity index (χ3n) is 9.46. The van der Waals surface area contributed by atoms with E-state index in [0.29, 0.717) is 0 Å². The van der Waals surface area contributed by atoms with Crippen LogP contribution < -0.4 is 0 Å². The molecule has 0 bridgehead atoms.